The highest BCUT2D eigenvalue weighted by atomic mass is 15.3. The summed E-state index contributed by atoms with van der Waals surface area (Å²) in [6.07, 6.45) is 2.48. The lowest BCUT2D eigenvalue weighted by Gasteiger charge is -2.15. The van der Waals surface area contributed by atoms with Crippen LogP contribution in [0, 0.1) is 5.92 Å². The summed E-state index contributed by atoms with van der Waals surface area (Å²) in [5.41, 5.74) is 7.15. The first-order valence-corrected chi connectivity index (χ1v) is 5.88. The zero-order valence-electron chi connectivity index (χ0n) is 10.2. The number of hydrogen-bond acceptors (Lipinski definition) is 3. The summed E-state index contributed by atoms with van der Waals surface area (Å²) in [5, 5.41) is 8.12. The van der Waals surface area contributed by atoms with Gasteiger partial charge in [-0.15, -0.1) is 10.2 Å². The van der Waals surface area contributed by atoms with Crippen LogP contribution < -0.4 is 5.73 Å². The van der Waals surface area contributed by atoms with Gasteiger partial charge in [0.15, 0.2) is 0 Å². The van der Waals surface area contributed by atoms with Crippen LogP contribution in [0.4, 0.5) is 0 Å². The Morgan fingerprint density at radius 3 is 2.59 bits per heavy atom. The van der Waals surface area contributed by atoms with Gasteiger partial charge in [0.25, 0.3) is 0 Å². The second-order valence-electron chi connectivity index (χ2n) is 4.56. The van der Waals surface area contributed by atoms with E-state index in [4.69, 9.17) is 5.73 Å². The summed E-state index contributed by atoms with van der Waals surface area (Å²) in [7, 11) is 0. The molecule has 0 saturated carbocycles. The fourth-order valence-electron chi connectivity index (χ4n) is 1.65. The number of para-hydroxylation sites is 1. The average molecular weight is 230 g/mol. The standard InChI is InChI=1S/C13H18N4/c1-10(2)12(14)8-13-16-15-9-17(13)11-6-4-3-5-7-11/h3-7,9-10,12H,8,14H2,1-2H3. The maximum atomic E-state index is 6.07. The Labute approximate surface area is 101 Å². The molecule has 0 aliphatic rings. The highest BCUT2D eigenvalue weighted by Gasteiger charge is 2.13. The number of nitrogens with zero attached hydrogens (tertiary/aromatic N) is 3. The largest absolute Gasteiger partial charge is 0.327 e. The number of nitrogens with two attached hydrogens (primary N) is 1. The molecule has 4 heteroatoms. The molecule has 0 radical (unpaired) electrons. The fourth-order valence-corrected chi connectivity index (χ4v) is 1.65. The lowest BCUT2D eigenvalue weighted by molar-refractivity contribution is 0.479. The number of rotatable bonds is 4. The van der Waals surface area contributed by atoms with Crippen LogP contribution in [0.5, 0.6) is 0 Å². The highest BCUT2D eigenvalue weighted by Crippen LogP contribution is 2.12. The predicted molar refractivity (Wildman–Crippen MR) is 67.9 cm³/mol. The van der Waals surface area contributed by atoms with Gasteiger partial charge in [-0.05, 0) is 18.1 Å². The van der Waals surface area contributed by atoms with Crippen LogP contribution in [-0.4, -0.2) is 20.8 Å². The van der Waals surface area contributed by atoms with Crippen molar-refractivity contribution >= 4 is 0 Å². The molecule has 2 N–H and O–H groups in total. The van der Waals surface area contributed by atoms with Crippen molar-refractivity contribution in [3.63, 3.8) is 0 Å². The normalized spacial score (nSPS) is 12.9. The molecule has 0 aliphatic carbocycles. The molecule has 0 saturated heterocycles. The Kier molecular flexibility index (Phi) is 3.54. The van der Waals surface area contributed by atoms with Gasteiger partial charge in [0.1, 0.15) is 12.2 Å². The lowest BCUT2D eigenvalue weighted by Crippen LogP contribution is -2.30. The molecule has 1 aromatic heterocycles. The molecule has 0 bridgehead atoms. The van der Waals surface area contributed by atoms with E-state index in [1.54, 1.807) is 6.33 Å². The van der Waals surface area contributed by atoms with Gasteiger partial charge in [-0.1, -0.05) is 32.0 Å². The van der Waals surface area contributed by atoms with Gasteiger partial charge in [-0.25, -0.2) is 0 Å². The van der Waals surface area contributed by atoms with Crippen molar-refractivity contribution in [2.24, 2.45) is 11.7 Å². The third-order valence-electron chi connectivity index (χ3n) is 2.93. The van der Waals surface area contributed by atoms with Gasteiger partial charge in [0, 0.05) is 18.2 Å². The maximum absolute atomic E-state index is 6.07. The van der Waals surface area contributed by atoms with Crippen molar-refractivity contribution in [3.05, 3.63) is 42.5 Å². The molecular weight excluding hydrogens is 212 g/mol. The molecule has 1 heterocycles. The van der Waals surface area contributed by atoms with E-state index in [0.717, 1.165) is 17.9 Å². The van der Waals surface area contributed by atoms with Crippen LogP contribution in [0.15, 0.2) is 36.7 Å². The third kappa shape index (κ3) is 2.71. The molecule has 4 nitrogen and oxygen atoms in total. The van der Waals surface area contributed by atoms with Gasteiger partial charge in [0.05, 0.1) is 0 Å². The Balaban J connectivity index is 2.23. The summed E-state index contributed by atoms with van der Waals surface area (Å²) in [6, 6.07) is 10.2. The smallest absolute Gasteiger partial charge is 0.138 e. The van der Waals surface area contributed by atoms with E-state index >= 15 is 0 Å². The van der Waals surface area contributed by atoms with Crippen LogP contribution in [0.25, 0.3) is 5.69 Å². The summed E-state index contributed by atoms with van der Waals surface area (Å²) >= 11 is 0. The first kappa shape index (κ1) is 11.8. The SMILES string of the molecule is CC(C)C(N)Cc1nncn1-c1ccccc1. The van der Waals surface area contributed by atoms with E-state index in [0.29, 0.717) is 5.92 Å². The van der Waals surface area contributed by atoms with Crippen molar-refractivity contribution in [3.8, 4) is 5.69 Å². The van der Waals surface area contributed by atoms with Gasteiger partial charge in [-0.2, -0.15) is 0 Å². The first-order chi connectivity index (χ1) is 8.18. The molecule has 0 fully saturated rings. The number of hydrogen-bond donors (Lipinski definition) is 1. The van der Waals surface area contributed by atoms with Crippen LogP contribution in [0.3, 0.4) is 0 Å². The molecule has 0 aliphatic heterocycles. The summed E-state index contributed by atoms with van der Waals surface area (Å²) in [5.74, 6) is 1.35. The minimum Gasteiger partial charge on any atom is -0.327 e. The van der Waals surface area contributed by atoms with Crippen LogP contribution in [-0.2, 0) is 6.42 Å². The topological polar surface area (TPSA) is 56.7 Å². The van der Waals surface area contributed by atoms with E-state index in [2.05, 4.69) is 24.0 Å². The van der Waals surface area contributed by atoms with E-state index in [9.17, 15) is 0 Å². The van der Waals surface area contributed by atoms with Gasteiger partial charge < -0.3 is 5.73 Å². The van der Waals surface area contributed by atoms with E-state index in [-0.39, 0.29) is 6.04 Å². The molecule has 90 valence electrons. The molecule has 17 heavy (non-hydrogen) atoms. The zero-order chi connectivity index (χ0) is 12.3. The first-order valence-electron chi connectivity index (χ1n) is 5.88. The monoisotopic (exact) mass is 230 g/mol. The summed E-state index contributed by atoms with van der Waals surface area (Å²) in [6.45, 7) is 4.24. The molecule has 1 unspecified atom stereocenters. The molecule has 0 spiro atoms. The minimum absolute atomic E-state index is 0.113. The predicted octanol–water partition coefficient (Wildman–Crippen LogP) is 1.79. The quantitative estimate of drug-likeness (QED) is 0.871. The molecule has 2 aromatic rings. The third-order valence-corrected chi connectivity index (χ3v) is 2.93. The number of benzene rings is 1. The van der Waals surface area contributed by atoms with E-state index < -0.39 is 0 Å². The Morgan fingerprint density at radius 2 is 1.94 bits per heavy atom. The van der Waals surface area contributed by atoms with E-state index in [1.165, 1.54) is 0 Å². The summed E-state index contributed by atoms with van der Waals surface area (Å²) in [4.78, 5) is 0. The van der Waals surface area contributed by atoms with Crippen molar-refractivity contribution in [2.45, 2.75) is 26.3 Å². The molecule has 1 aromatic carbocycles. The Morgan fingerprint density at radius 1 is 1.24 bits per heavy atom. The molecule has 1 atom stereocenters. The molecule has 2 rings (SSSR count). The maximum Gasteiger partial charge on any atom is 0.138 e. The fraction of sp³-hybridized carbons (Fsp3) is 0.385. The number of aromatic nitrogens is 3. The Hall–Kier alpha value is -1.68. The van der Waals surface area contributed by atoms with Crippen molar-refractivity contribution in [2.75, 3.05) is 0 Å². The zero-order valence-corrected chi connectivity index (χ0v) is 10.2. The highest BCUT2D eigenvalue weighted by molar-refractivity contribution is 5.32. The van der Waals surface area contributed by atoms with Gasteiger partial charge in [-0.3, -0.25) is 4.57 Å². The molecule has 0 amide bonds. The molecular formula is C13H18N4. The second kappa shape index (κ2) is 5.10. The minimum atomic E-state index is 0.113. The van der Waals surface area contributed by atoms with Crippen molar-refractivity contribution in [1.82, 2.24) is 14.8 Å². The van der Waals surface area contributed by atoms with Crippen molar-refractivity contribution in [1.29, 1.82) is 0 Å². The van der Waals surface area contributed by atoms with Crippen molar-refractivity contribution < 1.29 is 0 Å². The van der Waals surface area contributed by atoms with Gasteiger partial charge >= 0.3 is 0 Å². The Bertz CT molecular complexity index is 461. The lowest BCUT2D eigenvalue weighted by atomic mass is 10.0. The average Bonchev–Trinajstić information content (AvgIpc) is 2.78. The second-order valence-corrected chi connectivity index (χ2v) is 4.56. The van der Waals surface area contributed by atoms with Crippen LogP contribution in [0.2, 0.25) is 0 Å². The van der Waals surface area contributed by atoms with Crippen LogP contribution in [0.1, 0.15) is 19.7 Å². The van der Waals surface area contributed by atoms with Gasteiger partial charge in [0.2, 0.25) is 0 Å². The van der Waals surface area contributed by atoms with Crippen LogP contribution >= 0.6 is 0 Å². The van der Waals surface area contributed by atoms with E-state index in [1.807, 2.05) is 34.9 Å². The summed E-state index contributed by atoms with van der Waals surface area (Å²) < 4.78 is 1.99.